The first-order valence-electron chi connectivity index (χ1n) is 8.09. The Balaban J connectivity index is 2.08. The van der Waals surface area contributed by atoms with Crippen LogP contribution < -0.4 is 0 Å². The Labute approximate surface area is 129 Å². The molecule has 1 unspecified atom stereocenters. The average Bonchev–Trinajstić information content (AvgIpc) is 2.91. The van der Waals surface area contributed by atoms with E-state index >= 15 is 0 Å². The molecule has 114 valence electrons. The van der Waals surface area contributed by atoms with Crippen molar-refractivity contribution in [1.82, 2.24) is 0 Å². The summed E-state index contributed by atoms with van der Waals surface area (Å²) in [6.07, 6.45) is 3.26. The molecule has 0 heterocycles. The molecule has 1 fully saturated rings. The van der Waals surface area contributed by atoms with E-state index < -0.39 is 8.32 Å². The summed E-state index contributed by atoms with van der Waals surface area (Å²) in [5.74, 6) is 0.588. The average molecular weight is 302 g/mol. The molecule has 0 aliphatic heterocycles. The van der Waals surface area contributed by atoms with Crippen LogP contribution in [0.1, 0.15) is 45.1 Å². The zero-order valence-corrected chi connectivity index (χ0v) is 14.4. The van der Waals surface area contributed by atoms with Crippen molar-refractivity contribution >= 4 is 14.1 Å². The van der Waals surface area contributed by atoms with Crippen LogP contribution in [-0.4, -0.2) is 14.1 Å². The van der Waals surface area contributed by atoms with E-state index in [1.54, 1.807) is 0 Å². The lowest BCUT2D eigenvalue weighted by molar-refractivity contribution is -0.114. The molecule has 1 aromatic carbocycles. The largest absolute Gasteiger partial charge is 0.549 e. The van der Waals surface area contributed by atoms with Crippen LogP contribution in [0.25, 0.3) is 0 Å². The van der Waals surface area contributed by atoms with Gasteiger partial charge in [-0.05, 0) is 36.0 Å². The molecule has 0 aromatic heterocycles. The fourth-order valence-corrected chi connectivity index (χ4v) is 5.47. The summed E-state index contributed by atoms with van der Waals surface area (Å²) in [5.41, 5.74) is 2.15. The molecule has 0 amide bonds. The summed E-state index contributed by atoms with van der Waals surface area (Å²) >= 11 is 0. The number of benzene rings is 1. The van der Waals surface area contributed by atoms with E-state index in [4.69, 9.17) is 4.43 Å². The molecular weight excluding hydrogens is 276 g/mol. The van der Waals surface area contributed by atoms with Gasteiger partial charge in [-0.3, -0.25) is 4.79 Å². The lowest BCUT2D eigenvalue weighted by Crippen LogP contribution is -2.33. The second kappa shape index (κ2) is 7.08. The van der Waals surface area contributed by atoms with Crippen LogP contribution in [0.3, 0.4) is 0 Å². The predicted molar refractivity (Wildman–Crippen MR) is 89.8 cm³/mol. The highest BCUT2D eigenvalue weighted by molar-refractivity contribution is 6.73. The first-order chi connectivity index (χ1) is 10.1. The normalized spacial score (nSPS) is 21.0. The molecule has 1 atom stereocenters. The molecule has 0 bridgehead atoms. The fraction of sp³-hybridized carbons (Fsp3) is 0.500. The number of allylic oxidation sites excluding steroid dienone is 1. The van der Waals surface area contributed by atoms with E-state index in [1.807, 2.05) is 24.5 Å². The lowest BCUT2D eigenvalue weighted by atomic mass is 9.98. The van der Waals surface area contributed by atoms with E-state index in [9.17, 15) is 4.79 Å². The van der Waals surface area contributed by atoms with Gasteiger partial charge >= 0.3 is 0 Å². The predicted octanol–water partition coefficient (Wildman–Crippen LogP) is 5.04. The summed E-state index contributed by atoms with van der Waals surface area (Å²) in [5, 5.41) is 0. The van der Waals surface area contributed by atoms with Gasteiger partial charge in [0.2, 0.25) is 8.32 Å². The van der Waals surface area contributed by atoms with Crippen molar-refractivity contribution in [2.75, 3.05) is 0 Å². The lowest BCUT2D eigenvalue weighted by Gasteiger charge is -2.26. The van der Waals surface area contributed by atoms with Gasteiger partial charge in [0, 0.05) is 12.0 Å². The third kappa shape index (κ3) is 3.65. The van der Waals surface area contributed by atoms with Gasteiger partial charge in [0.05, 0.1) is 6.26 Å². The zero-order valence-electron chi connectivity index (χ0n) is 13.4. The highest BCUT2D eigenvalue weighted by Crippen LogP contribution is 2.36. The minimum absolute atomic E-state index is 0.259. The Morgan fingerprint density at radius 3 is 2.29 bits per heavy atom. The third-order valence-corrected chi connectivity index (χ3v) is 9.40. The number of Topliss-reactive ketones (excluding diaryl/α,β-unsaturated/α-hetero) is 1. The molecule has 0 spiro atoms. The summed E-state index contributed by atoms with van der Waals surface area (Å²) < 4.78 is 6.17. The molecule has 0 saturated heterocycles. The van der Waals surface area contributed by atoms with Gasteiger partial charge < -0.3 is 4.43 Å². The molecule has 21 heavy (non-hydrogen) atoms. The summed E-state index contributed by atoms with van der Waals surface area (Å²) in [6, 6.07) is 13.7. The van der Waals surface area contributed by atoms with E-state index in [1.165, 1.54) is 5.56 Å². The van der Waals surface area contributed by atoms with Crippen molar-refractivity contribution in [1.29, 1.82) is 0 Å². The molecule has 0 N–H and O–H groups in total. The first kappa shape index (κ1) is 16.0. The van der Waals surface area contributed by atoms with Crippen molar-refractivity contribution in [3.05, 3.63) is 47.7 Å². The second-order valence-electron chi connectivity index (χ2n) is 5.94. The standard InChI is InChI=1S/C18H26O2Si/c1-4-21(5-2,6-3)20-14-17-12-16(13-18(17)19)15-10-8-7-9-11-15/h7-11,14,16H,4-6,12-13H2,1-3H3/b17-14+. The summed E-state index contributed by atoms with van der Waals surface area (Å²) in [7, 11) is -1.64. The van der Waals surface area contributed by atoms with E-state index in [0.717, 1.165) is 30.1 Å². The number of rotatable bonds is 6. The fourth-order valence-electron chi connectivity index (χ4n) is 3.08. The highest BCUT2D eigenvalue weighted by atomic mass is 28.4. The molecule has 3 heteroatoms. The first-order valence-corrected chi connectivity index (χ1v) is 10.6. The van der Waals surface area contributed by atoms with Crippen LogP contribution in [0.2, 0.25) is 18.1 Å². The Morgan fingerprint density at radius 1 is 1.10 bits per heavy atom. The van der Waals surface area contributed by atoms with Crippen molar-refractivity contribution in [2.24, 2.45) is 0 Å². The molecule has 0 radical (unpaired) electrons. The number of carbonyl (C=O) groups is 1. The van der Waals surface area contributed by atoms with Crippen LogP contribution >= 0.6 is 0 Å². The molecule has 2 rings (SSSR count). The topological polar surface area (TPSA) is 26.3 Å². The van der Waals surface area contributed by atoms with Crippen LogP contribution in [0, 0.1) is 0 Å². The number of hydrogen-bond donors (Lipinski definition) is 0. The second-order valence-corrected chi connectivity index (χ2v) is 10.7. The quantitative estimate of drug-likeness (QED) is 0.418. The smallest absolute Gasteiger partial charge is 0.249 e. The Kier molecular flexibility index (Phi) is 5.40. The van der Waals surface area contributed by atoms with Crippen LogP contribution in [0.5, 0.6) is 0 Å². The van der Waals surface area contributed by atoms with Gasteiger partial charge in [0.1, 0.15) is 0 Å². The Hall–Kier alpha value is -1.35. The van der Waals surface area contributed by atoms with Crippen LogP contribution in [0.4, 0.5) is 0 Å². The van der Waals surface area contributed by atoms with Gasteiger partial charge in [-0.2, -0.15) is 0 Å². The maximum Gasteiger partial charge on any atom is 0.249 e. The van der Waals surface area contributed by atoms with Gasteiger partial charge in [0.15, 0.2) is 5.78 Å². The molecular formula is C18H26O2Si. The van der Waals surface area contributed by atoms with Crippen molar-refractivity contribution in [3.63, 3.8) is 0 Å². The van der Waals surface area contributed by atoms with Crippen molar-refractivity contribution < 1.29 is 9.22 Å². The maximum absolute atomic E-state index is 12.2. The minimum Gasteiger partial charge on any atom is -0.549 e. The maximum atomic E-state index is 12.2. The highest BCUT2D eigenvalue weighted by Gasteiger charge is 2.32. The van der Waals surface area contributed by atoms with E-state index in [-0.39, 0.29) is 5.78 Å². The minimum atomic E-state index is -1.64. The third-order valence-electron chi connectivity index (χ3n) is 4.91. The van der Waals surface area contributed by atoms with E-state index in [0.29, 0.717) is 12.3 Å². The molecule has 1 saturated carbocycles. The van der Waals surface area contributed by atoms with Gasteiger partial charge in [0.25, 0.3) is 0 Å². The Bertz CT molecular complexity index is 495. The number of carbonyl (C=O) groups excluding carboxylic acids is 1. The van der Waals surface area contributed by atoms with E-state index in [2.05, 4.69) is 32.9 Å². The monoisotopic (exact) mass is 302 g/mol. The van der Waals surface area contributed by atoms with Gasteiger partial charge in [-0.15, -0.1) is 0 Å². The Morgan fingerprint density at radius 2 is 1.71 bits per heavy atom. The molecule has 1 aromatic rings. The van der Waals surface area contributed by atoms with Gasteiger partial charge in [-0.1, -0.05) is 51.1 Å². The van der Waals surface area contributed by atoms with Crippen molar-refractivity contribution in [3.8, 4) is 0 Å². The van der Waals surface area contributed by atoms with Crippen LogP contribution in [-0.2, 0) is 9.22 Å². The van der Waals surface area contributed by atoms with Gasteiger partial charge in [-0.25, -0.2) is 0 Å². The number of ketones is 1. The summed E-state index contributed by atoms with van der Waals surface area (Å²) in [4.78, 5) is 12.2. The van der Waals surface area contributed by atoms with Crippen LogP contribution in [0.15, 0.2) is 42.2 Å². The molecule has 2 nitrogen and oxygen atoms in total. The molecule has 1 aliphatic carbocycles. The number of hydrogen-bond acceptors (Lipinski definition) is 2. The molecule has 1 aliphatic rings. The zero-order chi connectivity index (χ0) is 15.3. The van der Waals surface area contributed by atoms with Crippen molar-refractivity contribution in [2.45, 2.75) is 57.7 Å². The summed E-state index contributed by atoms with van der Waals surface area (Å²) in [6.45, 7) is 6.63. The SMILES string of the molecule is CC[Si](CC)(CC)O/C=C1\CC(c2ccccc2)CC1=O.